The average Bonchev–Trinajstić information content (AvgIpc) is 2.43. The highest BCUT2D eigenvalue weighted by Gasteiger charge is 2.69. The highest BCUT2D eigenvalue weighted by Crippen LogP contribution is 2.60. The molecule has 7 heteroatoms. The number of hydrogen-bond acceptors (Lipinski definition) is 3. The fraction of sp³-hybridized carbons (Fsp3) is 0.467. The lowest BCUT2D eigenvalue weighted by Crippen LogP contribution is -2.84. The molecule has 3 aliphatic carbocycles. The van der Waals surface area contributed by atoms with Gasteiger partial charge in [0.25, 0.3) is 5.91 Å². The van der Waals surface area contributed by atoms with Crippen LogP contribution in [0.5, 0.6) is 5.75 Å². The molecule has 0 aliphatic heterocycles. The van der Waals surface area contributed by atoms with Crippen LogP contribution in [0.15, 0.2) is 24.3 Å². The molecular formula is C15H16BrClN2O3. The zero-order valence-corrected chi connectivity index (χ0v) is 14.2. The lowest BCUT2D eigenvalue weighted by Gasteiger charge is -2.70. The molecule has 2 N–H and O–H groups in total. The summed E-state index contributed by atoms with van der Waals surface area (Å²) in [5.41, 5.74) is -0.255. The fourth-order valence-electron chi connectivity index (χ4n) is 3.39. The number of alkyl halides is 1. The average molecular weight is 388 g/mol. The Labute approximate surface area is 141 Å². The van der Waals surface area contributed by atoms with Gasteiger partial charge in [0.15, 0.2) is 6.61 Å². The van der Waals surface area contributed by atoms with Gasteiger partial charge in [-0.3, -0.25) is 9.59 Å². The molecule has 0 atom stereocenters. The van der Waals surface area contributed by atoms with Crippen molar-refractivity contribution in [3.05, 3.63) is 29.3 Å². The van der Waals surface area contributed by atoms with E-state index in [1.54, 1.807) is 24.3 Å². The maximum atomic E-state index is 11.9. The van der Waals surface area contributed by atoms with E-state index < -0.39 is 0 Å². The molecule has 2 bridgehead atoms. The largest absolute Gasteiger partial charge is 0.484 e. The number of carbonyl (C=O) groups excluding carboxylic acids is 2. The van der Waals surface area contributed by atoms with Gasteiger partial charge in [-0.1, -0.05) is 27.5 Å². The van der Waals surface area contributed by atoms with Crippen molar-refractivity contribution < 1.29 is 14.3 Å². The number of halogens is 2. The van der Waals surface area contributed by atoms with Crippen molar-refractivity contribution in [2.45, 2.75) is 30.3 Å². The van der Waals surface area contributed by atoms with Gasteiger partial charge in [-0.05, 0) is 43.5 Å². The van der Waals surface area contributed by atoms with Gasteiger partial charge < -0.3 is 15.4 Å². The van der Waals surface area contributed by atoms with Crippen molar-refractivity contribution in [2.24, 2.45) is 0 Å². The summed E-state index contributed by atoms with van der Waals surface area (Å²) in [5.74, 6) is 0.457. The molecule has 0 saturated heterocycles. The first-order chi connectivity index (χ1) is 10.4. The van der Waals surface area contributed by atoms with Crippen LogP contribution in [0.2, 0.25) is 5.02 Å². The third kappa shape index (κ3) is 3.08. The van der Waals surface area contributed by atoms with Crippen molar-refractivity contribution in [1.82, 2.24) is 10.6 Å². The quantitative estimate of drug-likeness (QED) is 0.734. The smallest absolute Gasteiger partial charge is 0.258 e. The molecule has 22 heavy (non-hydrogen) atoms. The van der Waals surface area contributed by atoms with Crippen molar-refractivity contribution >= 4 is 39.3 Å². The van der Waals surface area contributed by atoms with Gasteiger partial charge in [-0.25, -0.2) is 0 Å². The zero-order chi connectivity index (χ0) is 15.8. The Morgan fingerprint density at radius 2 is 1.64 bits per heavy atom. The molecule has 3 aliphatic rings. The molecule has 1 aromatic rings. The first-order valence-corrected chi connectivity index (χ1v) is 8.51. The molecule has 0 radical (unpaired) electrons. The van der Waals surface area contributed by atoms with Crippen LogP contribution in [0.25, 0.3) is 0 Å². The van der Waals surface area contributed by atoms with Gasteiger partial charge in [0.2, 0.25) is 5.91 Å². The Morgan fingerprint density at radius 1 is 1.09 bits per heavy atom. The predicted molar refractivity (Wildman–Crippen MR) is 86.3 cm³/mol. The standard InChI is InChI=1S/C15H16BrClN2O3/c16-5-12(20)18-14-7-15(8-14,9-14)19-13(21)6-22-11-3-1-10(17)2-4-11/h1-4H,5-9H2,(H,18,20)(H,19,21). The Kier molecular flexibility index (Phi) is 4.07. The van der Waals surface area contributed by atoms with Crippen LogP contribution in [0, 0.1) is 0 Å². The van der Waals surface area contributed by atoms with E-state index in [0.717, 1.165) is 19.3 Å². The summed E-state index contributed by atoms with van der Waals surface area (Å²) in [5, 5.41) is 6.93. The molecule has 118 valence electrons. The highest BCUT2D eigenvalue weighted by molar-refractivity contribution is 9.09. The van der Waals surface area contributed by atoms with Crippen LogP contribution in [0.3, 0.4) is 0 Å². The van der Waals surface area contributed by atoms with E-state index in [9.17, 15) is 9.59 Å². The van der Waals surface area contributed by atoms with Crippen molar-refractivity contribution in [1.29, 1.82) is 0 Å². The summed E-state index contributed by atoms with van der Waals surface area (Å²) < 4.78 is 5.42. The van der Waals surface area contributed by atoms with Crippen LogP contribution < -0.4 is 15.4 Å². The van der Waals surface area contributed by atoms with E-state index in [0.29, 0.717) is 16.1 Å². The van der Waals surface area contributed by atoms with E-state index in [-0.39, 0.29) is 29.5 Å². The second-order valence-electron chi connectivity index (χ2n) is 6.06. The normalized spacial score (nSPS) is 28.1. The Balaban J connectivity index is 1.41. The summed E-state index contributed by atoms with van der Waals surface area (Å²) in [6.45, 7) is -0.0237. The zero-order valence-electron chi connectivity index (χ0n) is 11.8. The topological polar surface area (TPSA) is 67.4 Å². The minimum atomic E-state index is -0.153. The summed E-state index contributed by atoms with van der Waals surface area (Å²) >= 11 is 8.92. The molecule has 3 fully saturated rings. The lowest BCUT2D eigenvalue weighted by atomic mass is 9.44. The molecule has 0 unspecified atom stereocenters. The number of ether oxygens (including phenoxy) is 1. The van der Waals surface area contributed by atoms with Crippen LogP contribution in [0.4, 0.5) is 0 Å². The SMILES string of the molecule is O=C(CBr)NC12CC(NC(=O)COc3ccc(Cl)cc3)(C1)C2. The monoisotopic (exact) mass is 386 g/mol. The summed E-state index contributed by atoms with van der Waals surface area (Å²) in [6.07, 6.45) is 2.39. The molecule has 3 saturated carbocycles. The van der Waals surface area contributed by atoms with Gasteiger partial charge in [0.1, 0.15) is 5.75 Å². The predicted octanol–water partition coefficient (Wildman–Crippen LogP) is 2.02. The number of benzene rings is 1. The van der Waals surface area contributed by atoms with Gasteiger partial charge >= 0.3 is 0 Å². The van der Waals surface area contributed by atoms with E-state index in [1.165, 1.54) is 0 Å². The molecule has 0 spiro atoms. The Bertz CT molecular complexity index is 586. The van der Waals surface area contributed by atoms with Crippen LogP contribution in [-0.2, 0) is 9.59 Å². The molecule has 5 nitrogen and oxygen atoms in total. The van der Waals surface area contributed by atoms with E-state index in [2.05, 4.69) is 26.6 Å². The third-order valence-electron chi connectivity index (χ3n) is 4.14. The molecule has 0 heterocycles. The van der Waals surface area contributed by atoms with E-state index >= 15 is 0 Å². The van der Waals surface area contributed by atoms with Crippen LogP contribution in [0.1, 0.15) is 19.3 Å². The lowest BCUT2D eigenvalue weighted by molar-refractivity contribution is -0.149. The fourth-order valence-corrected chi connectivity index (χ4v) is 3.66. The van der Waals surface area contributed by atoms with Gasteiger partial charge in [-0.15, -0.1) is 0 Å². The maximum Gasteiger partial charge on any atom is 0.258 e. The number of rotatable bonds is 6. The first kappa shape index (κ1) is 15.6. The number of hydrogen-bond donors (Lipinski definition) is 2. The van der Waals surface area contributed by atoms with E-state index in [4.69, 9.17) is 16.3 Å². The van der Waals surface area contributed by atoms with Crippen LogP contribution >= 0.6 is 27.5 Å². The highest BCUT2D eigenvalue weighted by atomic mass is 79.9. The first-order valence-electron chi connectivity index (χ1n) is 7.01. The third-order valence-corrected chi connectivity index (χ3v) is 4.91. The van der Waals surface area contributed by atoms with Gasteiger partial charge in [-0.2, -0.15) is 0 Å². The van der Waals surface area contributed by atoms with Crippen molar-refractivity contribution in [3.8, 4) is 5.75 Å². The number of nitrogens with one attached hydrogen (secondary N) is 2. The minimum absolute atomic E-state index is 0.00861. The second-order valence-corrected chi connectivity index (χ2v) is 7.06. The maximum absolute atomic E-state index is 11.9. The van der Waals surface area contributed by atoms with Crippen molar-refractivity contribution in [2.75, 3.05) is 11.9 Å². The molecule has 2 amide bonds. The molecule has 0 aromatic heterocycles. The van der Waals surface area contributed by atoms with Gasteiger partial charge in [0, 0.05) is 16.1 Å². The van der Waals surface area contributed by atoms with E-state index in [1.807, 2.05) is 0 Å². The number of amides is 2. The molecule has 1 aromatic carbocycles. The number of carbonyl (C=O) groups is 2. The Hall–Kier alpha value is -1.27. The van der Waals surface area contributed by atoms with Crippen molar-refractivity contribution in [3.63, 3.8) is 0 Å². The summed E-state index contributed by atoms with van der Waals surface area (Å²) in [7, 11) is 0. The molecular weight excluding hydrogens is 372 g/mol. The minimum Gasteiger partial charge on any atom is -0.484 e. The summed E-state index contributed by atoms with van der Waals surface area (Å²) in [4.78, 5) is 23.3. The van der Waals surface area contributed by atoms with Crippen LogP contribution in [-0.4, -0.2) is 34.8 Å². The van der Waals surface area contributed by atoms with Gasteiger partial charge in [0.05, 0.1) is 5.33 Å². The second kappa shape index (κ2) is 5.74. The Morgan fingerprint density at radius 3 is 2.18 bits per heavy atom. The molecule has 4 rings (SSSR count). The summed E-state index contributed by atoms with van der Waals surface area (Å²) in [6, 6.07) is 6.88.